The number of hydrogen-bond acceptors (Lipinski definition) is 4. The van der Waals surface area contributed by atoms with Gasteiger partial charge in [0.15, 0.2) is 0 Å². The summed E-state index contributed by atoms with van der Waals surface area (Å²) >= 11 is 0. The molecule has 0 fully saturated rings. The molecule has 0 aliphatic carbocycles. The number of nitriles is 1. The molecule has 4 heteroatoms. The van der Waals surface area contributed by atoms with Gasteiger partial charge in [-0.05, 0) is 34.1 Å². The highest BCUT2D eigenvalue weighted by atomic mass is 16.6. The van der Waals surface area contributed by atoms with Crippen LogP contribution in [0.15, 0.2) is 0 Å². The fourth-order valence-electron chi connectivity index (χ4n) is 0.745. The molecule has 0 saturated heterocycles. The van der Waals surface area contributed by atoms with E-state index in [0.29, 0.717) is 6.42 Å². The minimum atomic E-state index is -1.16. The lowest BCUT2D eigenvalue weighted by atomic mass is 10.0. The van der Waals surface area contributed by atoms with Crippen molar-refractivity contribution in [1.82, 2.24) is 0 Å². The summed E-state index contributed by atoms with van der Waals surface area (Å²) in [6.07, 6.45) is 1.92. The summed E-state index contributed by atoms with van der Waals surface area (Å²) in [6.45, 7) is 8.62. The number of ether oxygens (including phenoxy) is 2. The molecule has 0 aromatic rings. The molecule has 0 aliphatic heterocycles. The molecule has 0 aliphatic rings. The normalized spacial score (nSPS) is 15.1. The van der Waals surface area contributed by atoms with E-state index in [-0.39, 0.29) is 0 Å². The van der Waals surface area contributed by atoms with Crippen LogP contribution in [0.3, 0.4) is 0 Å². The Morgan fingerprint density at radius 3 is 2.14 bits per heavy atom. The van der Waals surface area contributed by atoms with Crippen molar-refractivity contribution in [3.8, 4) is 6.26 Å². The second kappa shape index (κ2) is 4.32. The van der Waals surface area contributed by atoms with E-state index in [1.54, 1.807) is 34.6 Å². The molecule has 80 valence electrons. The summed E-state index contributed by atoms with van der Waals surface area (Å²) in [5.74, 6) is -0.506. The van der Waals surface area contributed by atoms with Crippen molar-refractivity contribution in [2.24, 2.45) is 0 Å². The van der Waals surface area contributed by atoms with Crippen LogP contribution in [0.2, 0.25) is 0 Å². The maximum atomic E-state index is 11.6. The number of nitrogens with zero attached hydrogens (tertiary/aromatic N) is 1. The van der Waals surface area contributed by atoms with Crippen molar-refractivity contribution in [2.75, 3.05) is 0 Å². The average Bonchev–Trinajstić information content (AvgIpc) is 2.01. The summed E-state index contributed by atoms with van der Waals surface area (Å²) in [5.41, 5.74) is -1.73. The van der Waals surface area contributed by atoms with Crippen LogP contribution >= 0.6 is 0 Å². The predicted molar refractivity (Wildman–Crippen MR) is 51.2 cm³/mol. The lowest BCUT2D eigenvalue weighted by Gasteiger charge is -2.28. The topological polar surface area (TPSA) is 59.3 Å². The highest BCUT2D eigenvalue weighted by Crippen LogP contribution is 2.20. The summed E-state index contributed by atoms with van der Waals surface area (Å²) in [6, 6.07) is 0. The van der Waals surface area contributed by atoms with E-state index in [1.165, 1.54) is 6.26 Å². The van der Waals surface area contributed by atoms with E-state index in [0.717, 1.165) is 0 Å². The zero-order valence-electron chi connectivity index (χ0n) is 9.38. The monoisotopic (exact) mass is 199 g/mol. The van der Waals surface area contributed by atoms with E-state index in [4.69, 9.17) is 14.7 Å². The summed E-state index contributed by atoms with van der Waals surface area (Å²) < 4.78 is 9.85. The van der Waals surface area contributed by atoms with E-state index in [2.05, 4.69) is 0 Å². The highest BCUT2D eigenvalue weighted by molar-refractivity contribution is 5.79. The quantitative estimate of drug-likeness (QED) is 0.515. The smallest absolute Gasteiger partial charge is 0.351 e. The Morgan fingerprint density at radius 2 is 1.86 bits per heavy atom. The molecular weight excluding hydrogens is 182 g/mol. The van der Waals surface area contributed by atoms with Gasteiger partial charge in [0.2, 0.25) is 5.60 Å². The van der Waals surface area contributed by atoms with Crippen molar-refractivity contribution in [3.63, 3.8) is 0 Å². The Balaban J connectivity index is 4.56. The van der Waals surface area contributed by atoms with Gasteiger partial charge in [-0.2, -0.15) is 5.26 Å². The molecule has 14 heavy (non-hydrogen) atoms. The van der Waals surface area contributed by atoms with Crippen molar-refractivity contribution in [1.29, 1.82) is 5.26 Å². The number of rotatable bonds is 3. The van der Waals surface area contributed by atoms with Crippen molar-refractivity contribution in [3.05, 3.63) is 0 Å². The third kappa shape index (κ3) is 3.65. The Kier molecular flexibility index (Phi) is 3.93. The van der Waals surface area contributed by atoms with Crippen LogP contribution in [0.1, 0.15) is 41.0 Å². The SMILES string of the molecule is CCC(C)(OC#N)C(=O)OC(C)(C)C. The predicted octanol–water partition coefficient (Wildman–Crippen LogP) is 1.99. The average molecular weight is 199 g/mol. The van der Waals surface area contributed by atoms with Crippen LogP contribution in [0.5, 0.6) is 0 Å². The number of hydrogen-bond donors (Lipinski definition) is 0. The highest BCUT2D eigenvalue weighted by Gasteiger charge is 2.37. The first-order chi connectivity index (χ1) is 6.25. The van der Waals surface area contributed by atoms with Gasteiger partial charge in [-0.3, -0.25) is 0 Å². The largest absolute Gasteiger partial charge is 0.457 e. The lowest BCUT2D eigenvalue weighted by Crippen LogP contribution is -2.42. The summed E-state index contributed by atoms with van der Waals surface area (Å²) in [5, 5.41) is 8.40. The van der Waals surface area contributed by atoms with Gasteiger partial charge in [-0.15, -0.1) is 0 Å². The first kappa shape index (κ1) is 12.8. The molecule has 1 unspecified atom stereocenters. The number of carbonyl (C=O) groups excluding carboxylic acids is 1. The van der Waals surface area contributed by atoms with Gasteiger partial charge in [-0.1, -0.05) is 6.92 Å². The minimum absolute atomic E-state index is 0.398. The van der Waals surface area contributed by atoms with Gasteiger partial charge in [0, 0.05) is 0 Å². The Morgan fingerprint density at radius 1 is 1.36 bits per heavy atom. The molecule has 0 rings (SSSR count). The lowest BCUT2D eigenvalue weighted by molar-refractivity contribution is -0.175. The molecule has 0 heterocycles. The second-order valence-corrected chi connectivity index (χ2v) is 4.28. The molecule has 0 aromatic heterocycles. The fourth-order valence-corrected chi connectivity index (χ4v) is 0.745. The fraction of sp³-hybridized carbons (Fsp3) is 0.800. The number of carbonyl (C=O) groups is 1. The zero-order chi connectivity index (χ0) is 11.4. The molecule has 0 spiro atoms. The van der Waals surface area contributed by atoms with Crippen LogP contribution in [0.4, 0.5) is 0 Å². The van der Waals surface area contributed by atoms with E-state index < -0.39 is 17.2 Å². The molecule has 0 N–H and O–H groups in total. The Labute approximate surface area is 84.8 Å². The Hall–Kier alpha value is -1.24. The van der Waals surface area contributed by atoms with E-state index in [1.807, 2.05) is 0 Å². The molecule has 0 amide bonds. The van der Waals surface area contributed by atoms with E-state index in [9.17, 15) is 4.79 Å². The van der Waals surface area contributed by atoms with Gasteiger partial charge in [0.05, 0.1) is 0 Å². The van der Waals surface area contributed by atoms with Gasteiger partial charge >= 0.3 is 5.97 Å². The molecule has 0 saturated carbocycles. The van der Waals surface area contributed by atoms with Crippen LogP contribution < -0.4 is 0 Å². The van der Waals surface area contributed by atoms with Crippen molar-refractivity contribution >= 4 is 5.97 Å². The van der Waals surface area contributed by atoms with Crippen molar-refractivity contribution in [2.45, 2.75) is 52.2 Å². The number of esters is 1. The molecule has 0 aromatic carbocycles. The third-order valence-corrected chi connectivity index (χ3v) is 1.78. The zero-order valence-corrected chi connectivity index (χ0v) is 9.38. The van der Waals surface area contributed by atoms with Gasteiger partial charge in [0.1, 0.15) is 5.60 Å². The first-order valence-corrected chi connectivity index (χ1v) is 4.55. The first-order valence-electron chi connectivity index (χ1n) is 4.55. The van der Waals surface area contributed by atoms with Crippen molar-refractivity contribution < 1.29 is 14.3 Å². The van der Waals surface area contributed by atoms with Gasteiger partial charge < -0.3 is 9.47 Å². The van der Waals surface area contributed by atoms with Gasteiger partial charge in [-0.25, -0.2) is 4.79 Å². The third-order valence-electron chi connectivity index (χ3n) is 1.78. The second-order valence-electron chi connectivity index (χ2n) is 4.28. The maximum absolute atomic E-state index is 11.6. The molecule has 1 atom stereocenters. The van der Waals surface area contributed by atoms with Crippen LogP contribution in [0, 0.1) is 11.5 Å². The standard InChI is InChI=1S/C10H17NO3/c1-6-10(5,13-7-11)8(12)14-9(2,3)4/h6H2,1-5H3. The molecule has 0 bridgehead atoms. The maximum Gasteiger partial charge on any atom is 0.351 e. The van der Waals surface area contributed by atoms with Crippen LogP contribution in [-0.4, -0.2) is 17.2 Å². The van der Waals surface area contributed by atoms with E-state index >= 15 is 0 Å². The summed E-state index contributed by atoms with van der Waals surface area (Å²) in [7, 11) is 0. The summed E-state index contributed by atoms with van der Waals surface area (Å²) in [4.78, 5) is 11.6. The molecule has 0 radical (unpaired) electrons. The molecular formula is C10H17NO3. The molecule has 4 nitrogen and oxygen atoms in total. The minimum Gasteiger partial charge on any atom is -0.457 e. The van der Waals surface area contributed by atoms with Crippen LogP contribution in [0.25, 0.3) is 0 Å². The Bertz CT molecular complexity index is 249. The van der Waals surface area contributed by atoms with Crippen LogP contribution in [-0.2, 0) is 14.3 Å². The van der Waals surface area contributed by atoms with Gasteiger partial charge in [0.25, 0.3) is 6.26 Å².